The van der Waals surface area contributed by atoms with Gasteiger partial charge in [0.25, 0.3) is 0 Å². The van der Waals surface area contributed by atoms with Crippen LogP contribution in [0.3, 0.4) is 0 Å². The summed E-state index contributed by atoms with van der Waals surface area (Å²) >= 11 is 5.75. The summed E-state index contributed by atoms with van der Waals surface area (Å²) in [6.07, 6.45) is 0.611. The number of hydrogen-bond acceptors (Lipinski definition) is 3. The Hall–Kier alpha value is -1.59. The molecule has 0 aliphatic carbocycles. The second kappa shape index (κ2) is 7.53. The molecule has 0 fully saturated rings. The highest BCUT2D eigenvalue weighted by Crippen LogP contribution is 2.39. The monoisotopic (exact) mass is 354 g/mol. The van der Waals surface area contributed by atoms with Gasteiger partial charge in [0.05, 0.1) is 17.5 Å². The third-order valence-electron chi connectivity index (χ3n) is 4.11. The van der Waals surface area contributed by atoms with Crippen LogP contribution in [0, 0.1) is 23.5 Å². The number of benzene rings is 1. The Bertz CT molecular complexity index is 693. The topological polar surface area (TPSA) is 55.5 Å². The normalized spacial score (nSPS) is 21.2. The van der Waals surface area contributed by atoms with Crippen molar-refractivity contribution >= 4 is 28.1 Å². The van der Waals surface area contributed by atoms with Crippen molar-refractivity contribution in [2.75, 3.05) is 6.54 Å². The van der Waals surface area contributed by atoms with Gasteiger partial charge in [-0.15, -0.1) is 0 Å². The van der Waals surface area contributed by atoms with Crippen LogP contribution < -0.4 is 5.73 Å². The SMILES string of the molecule is CC(C)CC1=NC(C)C(C(=O)Cl)C(c2c(F)cccc2F)=C1CN. The molecule has 1 aromatic rings. The van der Waals surface area contributed by atoms with E-state index >= 15 is 0 Å². The summed E-state index contributed by atoms with van der Waals surface area (Å²) in [7, 11) is 0. The highest BCUT2D eigenvalue weighted by atomic mass is 35.5. The summed E-state index contributed by atoms with van der Waals surface area (Å²) in [5, 5.41) is -0.696. The summed E-state index contributed by atoms with van der Waals surface area (Å²) in [5.41, 5.74) is 7.05. The van der Waals surface area contributed by atoms with Gasteiger partial charge in [-0.05, 0) is 54.1 Å². The molecule has 0 spiro atoms. The molecule has 1 heterocycles. The van der Waals surface area contributed by atoms with E-state index in [0.717, 1.165) is 12.1 Å². The van der Waals surface area contributed by atoms with Gasteiger partial charge in [0, 0.05) is 12.3 Å². The molecular weight excluding hydrogens is 334 g/mol. The minimum atomic E-state index is -0.924. The van der Waals surface area contributed by atoms with E-state index in [2.05, 4.69) is 4.99 Å². The second-order valence-electron chi connectivity index (χ2n) is 6.39. The molecule has 130 valence electrons. The van der Waals surface area contributed by atoms with Crippen LogP contribution >= 0.6 is 11.6 Å². The molecule has 24 heavy (non-hydrogen) atoms. The summed E-state index contributed by atoms with van der Waals surface area (Å²) in [4.78, 5) is 16.5. The van der Waals surface area contributed by atoms with Crippen molar-refractivity contribution in [3.05, 3.63) is 41.0 Å². The van der Waals surface area contributed by atoms with Crippen molar-refractivity contribution < 1.29 is 13.6 Å². The molecule has 0 bridgehead atoms. The Morgan fingerprint density at radius 1 is 1.33 bits per heavy atom. The van der Waals surface area contributed by atoms with Crippen LogP contribution in [-0.2, 0) is 4.79 Å². The number of nitrogens with two attached hydrogens (primary N) is 1. The van der Waals surface area contributed by atoms with E-state index in [9.17, 15) is 13.6 Å². The molecule has 6 heteroatoms. The van der Waals surface area contributed by atoms with Crippen molar-refractivity contribution in [3.8, 4) is 0 Å². The van der Waals surface area contributed by atoms with Crippen molar-refractivity contribution in [2.45, 2.75) is 33.2 Å². The van der Waals surface area contributed by atoms with Crippen LogP contribution in [-0.4, -0.2) is 23.5 Å². The molecule has 0 amide bonds. The first kappa shape index (κ1) is 18.7. The van der Waals surface area contributed by atoms with E-state index in [0.29, 0.717) is 17.7 Å². The Balaban J connectivity index is 2.77. The van der Waals surface area contributed by atoms with E-state index in [-0.39, 0.29) is 23.6 Å². The van der Waals surface area contributed by atoms with Gasteiger partial charge in [0.2, 0.25) is 5.24 Å². The minimum Gasteiger partial charge on any atom is -0.326 e. The second-order valence-corrected chi connectivity index (χ2v) is 6.76. The summed E-state index contributed by atoms with van der Waals surface area (Å²) in [6, 6.07) is 3.10. The summed E-state index contributed by atoms with van der Waals surface area (Å²) in [5.74, 6) is -2.12. The minimum absolute atomic E-state index is 0.0298. The molecule has 1 aliphatic heterocycles. The number of dihydropyridines is 1. The number of carbonyl (C=O) groups is 1. The van der Waals surface area contributed by atoms with Gasteiger partial charge in [-0.25, -0.2) is 8.78 Å². The zero-order valence-electron chi connectivity index (χ0n) is 13.9. The van der Waals surface area contributed by atoms with Crippen molar-refractivity contribution in [1.29, 1.82) is 0 Å². The van der Waals surface area contributed by atoms with E-state index in [1.54, 1.807) is 6.92 Å². The fourth-order valence-electron chi connectivity index (χ4n) is 3.14. The van der Waals surface area contributed by atoms with Crippen LogP contribution in [0.4, 0.5) is 8.78 Å². The molecule has 2 unspecified atom stereocenters. The maximum atomic E-state index is 14.4. The molecule has 3 nitrogen and oxygen atoms in total. The first-order valence-corrected chi connectivity index (χ1v) is 8.29. The average Bonchev–Trinajstić information content (AvgIpc) is 2.45. The van der Waals surface area contributed by atoms with Crippen molar-refractivity contribution in [3.63, 3.8) is 0 Å². The van der Waals surface area contributed by atoms with Crippen LogP contribution in [0.25, 0.3) is 5.57 Å². The molecule has 1 aliphatic rings. The molecule has 2 rings (SSSR count). The fraction of sp³-hybridized carbons (Fsp3) is 0.444. The van der Waals surface area contributed by atoms with E-state index < -0.39 is 28.8 Å². The summed E-state index contributed by atoms with van der Waals surface area (Å²) < 4.78 is 28.8. The molecule has 0 radical (unpaired) electrons. The van der Waals surface area contributed by atoms with Crippen LogP contribution in [0.15, 0.2) is 28.8 Å². The maximum absolute atomic E-state index is 14.4. The standard InChI is InChI=1S/C18H21ClF2N2O/c1-9(2)7-14-11(8-22)16(15(18(19)24)10(3)23-14)17-12(20)5-4-6-13(17)21/h4-6,9-10,15H,7-8,22H2,1-3H3. The zero-order chi connectivity index (χ0) is 18.0. The Kier molecular flexibility index (Phi) is 5.88. The van der Waals surface area contributed by atoms with Gasteiger partial charge in [-0.2, -0.15) is 0 Å². The number of aliphatic imine (C=N–C) groups is 1. The Morgan fingerprint density at radius 2 is 1.92 bits per heavy atom. The molecular formula is C18H21ClF2N2O. The molecule has 1 aromatic carbocycles. The molecule has 2 N–H and O–H groups in total. The molecule has 2 atom stereocenters. The third-order valence-corrected chi connectivity index (χ3v) is 4.34. The van der Waals surface area contributed by atoms with Gasteiger partial charge in [0.1, 0.15) is 11.6 Å². The zero-order valence-corrected chi connectivity index (χ0v) is 14.7. The van der Waals surface area contributed by atoms with Crippen molar-refractivity contribution in [1.82, 2.24) is 0 Å². The van der Waals surface area contributed by atoms with Gasteiger partial charge in [-0.1, -0.05) is 19.9 Å². The van der Waals surface area contributed by atoms with Crippen LogP contribution in [0.5, 0.6) is 0 Å². The predicted octanol–water partition coefficient (Wildman–Crippen LogP) is 3.95. The summed E-state index contributed by atoms with van der Waals surface area (Å²) in [6.45, 7) is 5.78. The van der Waals surface area contributed by atoms with Gasteiger partial charge < -0.3 is 5.73 Å². The van der Waals surface area contributed by atoms with E-state index in [4.69, 9.17) is 17.3 Å². The van der Waals surface area contributed by atoms with E-state index in [1.807, 2.05) is 13.8 Å². The lowest BCUT2D eigenvalue weighted by atomic mass is 9.79. The highest BCUT2D eigenvalue weighted by molar-refractivity contribution is 6.65. The first-order valence-electron chi connectivity index (χ1n) is 7.91. The molecule has 0 saturated carbocycles. The van der Waals surface area contributed by atoms with Gasteiger partial charge in [0.15, 0.2) is 0 Å². The number of nitrogens with zero attached hydrogens (tertiary/aromatic N) is 1. The number of carbonyl (C=O) groups excluding carboxylic acids is 1. The van der Waals surface area contributed by atoms with Gasteiger partial charge in [-0.3, -0.25) is 9.79 Å². The fourth-order valence-corrected chi connectivity index (χ4v) is 3.43. The maximum Gasteiger partial charge on any atom is 0.231 e. The molecule has 0 aromatic heterocycles. The average molecular weight is 355 g/mol. The van der Waals surface area contributed by atoms with Crippen LogP contribution in [0.1, 0.15) is 32.8 Å². The Labute approximate surface area is 145 Å². The third kappa shape index (κ3) is 3.57. The predicted molar refractivity (Wildman–Crippen MR) is 93.0 cm³/mol. The highest BCUT2D eigenvalue weighted by Gasteiger charge is 2.37. The van der Waals surface area contributed by atoms with Gasteiger partial charge >= 0.3 is 0 Å². The largest absolute Gasteiger partial charge is 0.326 e. The lowest BCUT2D eigenvalue weighted by molar-refractivity contribution is -0.113. The van der Waals surface area contributed by atoms with Crippen molar-refractivity contribution in [2.24, 2.45) is 22.6 Å². The lowest BCUT2D eigenvalue weighted by Gasteiger charge is -2.31. The number of rotatable bonds is 5. The lowest BCUT2D eigenvalue weighted by Crippen LogP contribution is -2.33. The molecule has 0 saturated heterocycles. The van der Waals surface area contributed by atoms with Crippen LogP contribution in [0.2, 0.25) is 0 Å². The smallest absolute Gasteiger partial charge is 0.231 e. The first-order chi connectivity index (χ1) is 11.3. The quantitative estimate of drug-likeness (QED) is 0.814. The van der Waals surface area contributed by atoms with E-state index in [1.165, 1.54) is 6.07 Å². The number of hydrogen-bond donors (Lipinski definition) is 1. The Morgan fingerprint density at radius 3 is 2.38 bits per heavy atom. The number of halogens is 3.